The van der Waals surface area contributed by atoms with Gasteiger partial charge in [0.2, 0.25) is 0 Å². The molecule has 3 aromatic rings. The van der Waals surface area contributed by atoms with Crippen molar-refractivity contribution >= 4 is 48.6 Å². The van der Waals surface area contributed by atoms with E-state index in [0.29, 0.717) is 11.1 Å². The van der Waals surface area contributed by atoms with Gasteiger partial charge < -0.3 is 4.55 Å². The first-order valence-electron chi connectivity index (χ1n) is 7.98. The summed E-state index contributed by atoms with van der Waals surface area (Å²) in [5.74, 6) is 0. The first-order chi connectivity index (χ1) is 12.0. The predicted molar refractivity (Wildman–Crippen MR) is 104 cm³/mol. The van der Waals surface area contributed by atoms with Gasteiger partial charge in [-0.1, -0.05) is 10.5 Å². The minimum Gasteiger partial charge on any atom is -0.591 e. The van der Waals surface area contributed by atoms with Crippen molar-refractivity contribution in [3.63, 3.8) is 0 Å². The van der Waals surface area contributed by atoms with E-state index in [9.17, 15) is 17.7 Å². The molecule has 0 bridgehead atoms. The predicted octanol–water partition coefficient (Wildman–Crippen LogP) is 6.34. The fourth-order valence-electron chi connectivity index (χ4n) is 2.49. The van der Waals surface area contributed by atoms with Gasteiger partial charge in [-0.2, -0.15) is 13.2 Å². The van der Waals surface area contributed by atoms with Gasteiger partial charge in [0.15, 0.2) is 0 Å². The quantitative estimate of drug-likeness (QED) is 0.367. The van der Waals surface area contributed by atoms with E-state index in [2.05, 4.69) is 4.40 Å². The maximum Gasteiger partial charge on any atom is 0.416 e. The highest BCUT2D eigenvalue weighted by Gasteiger charge is 2.31. The third-order valence-electron chi connectivity index (χ3n) is 3.96. The number of thiophene rings is 1. The molecular formula is C19H18F3NOS2. The molecule has 1 unspecified atom stereocenters. The third kappa shape index (κ3) is 3.75. The maximum absolute atomic E-state index is 13.0. The van der Waals surface area contributed by atoms with Gasteiger partial charge in [-0.05, 0) is 58.0 Å². The molecule has 7 heteroatoms. The third-order valence-corrected chi connectivity index (χ3v) is 6.60. The molecule has 0 spiro atoms. The first-order valence-corrected chi connectivity index (χ1v) is 9.90. The van der Waals surface area contributed by atoms with Gasteiger partial charge in [0, 0.05) is 25.7 Å². The fraction of sp³-hybridized carbons (Fsp3) is 0.316. The molecule has 1 aromatic heterocycles. The van der Waals surface area contributed by atoms with E-state index >= 15 is 0 Å². The van der Waals surface area contributed by atoms with Gasteiger partial charge in [0.25, 0.3) is 0 Å². The lowest BCUT2D eigenvalue weighted by Crippen LogP contribution is -2.26. The molecule has 0 fully saturated rings. The molecule has 26 heavy (non-hydrogen) atoms. The zero-order valence-corrected chi connectivity index (χ0v) is 16.4. The average Bonchev–Trinajstić information content (AvgIpc) is 2.89. The van der Waals surface area contributed by atoms with Gasteiger partial charge >= 0.3 is 6.18 Å². The molecule has 0 saturated carbocycles. The molecule has 0 saturated heterocycles. The Morgan fingerprint density at radius 3 is 2.15 bits per heavy atom. The lowest BCUT2D eigenvalue weighted by Gasteiger charge is -2.18. The van der Waals surface area contributed by atoms with Crippen LogP contribution in [0.15, 0.2) is 40.8 Å². The number of hydrogen-bond donors (Lipinski definition) is 0. The summed E-state index contributed by atoms with van der Waals surface area (Å²) in [6.07, 6.45) is -4.37. The lowest BCUT2D eigenvalue weighted by molar-refractivity contribution is -0.137. The van der Waals surface area contributed by atoms with Crippen LogP contribution in [0.2, 0.25) is 0 Å². The number of fused-ring (bicyclic) bond motifs is 3. The standard InChI is InChI=1S/C19H18F3NOS2/c1-11(23-26(24)18(2,3)4)12-5-7-16-14(9-12)15-10-13(19(20,21)22)6-8-17(15)25-16/h5-10H,1-4H3/b23-11+. The zero-order chi connectivity index (χ0) is 19.3. The van der Waals surface area contributed by atoms with Crippen LogP contribution in [0.3, 0.4) is 0 Å². The van der Waals surface area contributed by atoms with E-state index in [1.165, 1.54) is 23.5 Å². The summed E-state index contributed by atoms with van der Waals surface area (Å²) in [4.78, 5) is 0. The Morgan fingerprint density at radius 1 is 1.00 bits per heavy atom. The summed E-state index contributed by atoms with van der Waals surface area (Å²) in [7, 11) is 0. The molecule has 2 nitrogen and oxygen atoms in total. The highest BCUT2D eigenvalue weighted by molar-refractivity contribution is 7.91. The highest BCUT2D eigenvalue weighted by Crippen LogP contribution is 2.38. The number of halogens is 3. The number of benzene rings is 2. The van der Waals surface area contributed by atoms with Gasteiger partial charge in [0.05, 0.1) is 11.3 Å². The van der Waals surface area contributed by atoms with Crippen molar-refractivity contribution in [1.29, 1.82) is 0 Å². The second-order valence-electron chi connectivity index (χ2n) is 7.06. The largest absolute Gasteiger partial charge is 0.591 e. The van der Waals surface area contributed by atoms with Crippen molar-refractivity contribution in [1.82, 2.24) is 0 Å². The van der Waals surface area contributed by atoms with Crippen LogP contribution >= 0.6 is 11.3 Å². The molecule has 3 rings (SSSR count). The molecule has 0 aliphatic carbocycles. The van der Waals surface area contributed by atoms with Crippen molar-refractivity contribution in [2.75, 3.05) is 0 Å². The van der Waals surface area contributed by atoms with Gasteiger partial charge in [-0.3, -0.25) is 0 Å². The second-order valence-corrected chi connectivity index (χ2v) is 10.0. The average molecular weight is 397 g/mol. The SMILES string of the molecule is C/C(=N\[S+]([O-])C(C)(C)C)c1ccc2sc3ccc(C(F)(F)F)cc3c2c1. The van der Waals surface area contributed by atoms with Crippen LogP contribution in [0.4, 0.5) is 13.2 Å². The molecular weight excluding hydrogens is 379 g/mol. The number of hydrogen-bond acceptors (Lipinski definition) is 3. The summed E-state index contributed by atoms with van der Waals surface area (Å²) in [5.41, 5.74) is 0.702. The van der Waals surface area contributed by atoms with Crippen LogP contribution in [0.5, 0.6) is 0 Å². The highest BCUT2D eigenvalue weighted by atomic mass is 32.2. The fourth-order valence-corrected chi connectivity index (χ4v) is 4.19. The van der Waals surface area contributed by atoms with Crippen LogP contribution in [0, 0.1) is 0 Å². The summed E-state index contributed by atoms with van der Waals surface area (Å²) in [5, 5.41) is 1.33. The summed E-state index contributed by atoms with van der Waals surface area (Å²) >= 11 is 0.0596. The topological polar surface area (TPSA) is 35.4 Å². The second kappa shape index (κ2) is 6.55. The Kier molecular flexibility index (Phi) is 4.83. The van der Waals surface area contributed by atoms with Crippen molar-refractivity contribution < 1.29 is 17.7 Å². The molecule has 0 radical (unpaired) electrons. The maximum atomic E-state index is 13.0. The van der Waals surface area contributed by atoms with Crippen molar-refractivity contribution in [2.45, 2.75) is 38.6 Å². The first kappa shape index (κ1) is 19.2. The van der Waals surface area contributed by atoms with Crippen LogP contribution in [-0.2, 0) is 17.5 Å². The van der Waals surface area contributed by atoms with E-state index in [1.807, 2.05) is 39.0 Å². The lowest BCUT2D eigenvalue weighted by atomic mass is 10.1. The smallest absolute Gasteiger partial charge is 0.416 e. The molecule has 2 aromatic carbocycles. The Labute approximate surface area is 157 Å². The van der Waals surface area contributed by atoms with Crippen molar-refractivity contribution in [2.24, 2.45) is 4.40 Å². The molecule has 138 valence electrons. The summed E-state index contributed by atoms with van der Waals surface area (Å²) in [6.45, 7) is 7.29. The Morgan fingerprint density at radius 2 is 1.58 bits per heavy atom. The van der Waals surface area contributed by atoms with Crippen LogP contribution in [0.25, 0.3) is 20.2 Å². The van der Waals surface area contributed by atoms with Gasteiger partial charge in [-0.25, -0.2) is 0 Å². The molecule has 0 N–H and O–H groups in total. The zero-order valence-electron chi connectivity index (χ0n) is 14.8. The minimum absolute atomic E-state index is 0.470. The van der Waals surface area contributed by atoms with E-state index < -0.39 is 27.8 Å². The molecule has 1 heterocycles. The van der Waals surface area contributed by atoms with Crippen molar-refractivity contribution in [3.05, 3.63) is 47.5 Å². The van der Waals surface area contributed by atoms with E-state index in [0.717, 1.165) is 26.4 Å². The van der Waals surface area contributed by atoms with Crippen molar-refractivity contribution in [3.8, 4) is 0 Å². The number of alkyl halides is 3. The Bertz CT molecular complexity index is 1000. The summed E-state index contributed by atoms with van der Waals surface area (Å²) in [6, 6.07) is 9.38. The Balaban J connectivity index is 2.12. The Hall–Kier alpha value is -1.57. The van der Waals surface area contributed by atoms with Crippen LogP contribution < -0.4 is 0 Å². The molecule has 0 amide bonds. The molecule has 0 aliphatic rings. The number of nitrogens with zero attached hydrogens (tertiary/aromatic N) is 1. The molecule has 0 aliphatic heterocycles. The van der Waals surface area contributed by atoms with Crippen LogP contribution in [-0.4, -0.2) is 15.0 Å². The monoisotopic (exact) mass is 397 g/mol. The number of rotatable bonds is 2. The van der Waals surface area contributed by atoms with E-state index in [1.54, 1.807) is 6.92 Å². The molecule has 1 atom stereocenters. The van der Waals surface area contributed by atoms with Gasteiger partial charge in [-0.15, -0.1) is 11.3 Å². The van der Waals surface area contributed by atoms with E-state index in [-0.39, 0.29) is 0 Å². The summed E-state index contributed by atoms with van der Waals surface area (Å²) < 4.78 is 56.8. The van der Waals surface area contributed by atoms with Crippen LogP contribution in [0.1, 0.15) is 38.8 Å². The normalized spacial score (nSPS) is 15.0. The van der Waals surface area contributed by atoms with Gasteiger partial charge in [0.1, 0.15) is 16.1 Å². The van der Waals surface area contributed by atoms with E-state index in [4.69, 9.17) is 0 Å². The minimum atomic E-state index is -4.37.